The summed E-state index contributed by atoms with van der Waals surface area (Å²) >= 11 is 7.25. The molecule has 1 saturated carbocycles. The summed E-state index contributed by atoms with van der Waals surface area (Å²) in [6, 6.07) is 12.2. The van der Waals surface area contributed by atoms with Gasteiger partial charge in [0.25, 0.3) is 0 Å². The summed E-state index contributed by atoms with van der Waals surface area (Å²) in [6.45, 7) is 1.12. The number of rotatable bonds is 5. The molecule has 1 aliphatic carbocycles. The van der Waals surface area contributed by atoms with Gasteiger partial charge in [0, 0.05) is 13.1 Å². The standard InChI is InChI=1S/C17H18ClN3OS/c18-15-14(10-19)16(23-20-15)21(11-13-6-2-1-3-7-13)12-17(22)8-4-5-9-17/h1-3,6-7,22H,4-5,8-9,11-12H2. The Morgan fingerprint density at radius 3 is 2.65 bits per heavy atom. The summed E-state index contributed by atoms with van der Waals surface area (Å²) in [7, 11) is 0. The lowest BCUT2D eigenvalue weighted by Crippen LogP contribution is -2.40. The normalized spacial score (nSPS) is 16.2. The summed E-state index contributed by atoms with van der Waals surface area (Å²) in [6.07, 6.45) is 3.69. The maximum atomic E-state index is 10.8. The lowest BCUT2D eigenvalue weighted by atomic mass is 10.0. The first kappa shape index (κ1) is 16.3. The average molecular weight is 348 g/mol. The highest BCUT2D eigenvalue weighted by Crippen LogP contribution is 2.36. The van der Waals surface area contributed by atoms with Gasteiger partial charge in [-0.2, -0.15) is 9.64 Å². The first-order chi connectivity index (χ1) is 11.1. The van der Waals surface area contributed by atoms with Gasteiger partial charge in [-0.05, 0) is 29.9 Å². The Bertz CT molecular complexity index is 704. The second-order valence-electron chi connectivity index (χ2n) is 6.04. The summed E-state index contributed by atoms with van der Waals surface area (Å²) < 4.78 is 4.11. The molecule has 2 aromatic rings. The minimum atomic E-state index is -0.696. The molecule has 6 heteroatoms. The van der Waals surface area contributed by atoms with E-state index in [2.05, 4.69) is 10.4 Å². The lowest BCUT2D eigenvalue weighted by Gasteiger charge is -2.32. The molecule has 0 atom stereocenters. The Hall–Kier alpha value is -1.61. The number of halogens is 1. The van der Waals surface area contributed by atoms with Crippen LogP contribution in [0.2, 0.25) is 5.15 Å². The molecule has 1 aromatic heterocycles. The van der Waals surface area contributed by atoms with E-state index in [9.17, 15) is 10.4 Å². The van der Waals surface area contributed by atoms with Crippen LogP contribution < -0.4 is 4.90 Å². The van der Waals surface area contributed by atoms with Crippen LogP contribution in [0.1, 0.15) is 36.8 Å². The molecule has 0 spiro atoms. The third-order valence-electron chi connectivity index (χ3n) is 4.27. The van der Waals surface area contributed by atoms with Crippen LogP contribution in [0.5, 0.6) is 0 Å². The van der Waals surface area contributed by atoms with Gasteiger partial charge in [-0.1, -0.05) is 54.8 Å². The molecule has 1 aromatic carbocycles. The first-order valence-corrected chi connectivity index (χ1v) is 8.83. The molecule has 120 valence electrons. The lowest BCUT2D eigenvalue weighted by molar-refractivity contribution is 0.0546. The Kier molecular flexibility index (Phi) is 4.86. The third-order valence-corrected chi connectivity index (χ3v) is 5.55. The minimum Gasteiger partial charge on any atom is -0.388 e. The fourth-order valence-electron chi connectivity index (χ4n) is 3.12. The van der Waals surface area contributed by atoms with E-state index in [0.717, 1.165) is 36.2 Å². The van der Waals surface area contributed by atoms with Gasteiger partial charge in [-0.3, -0.25) is 0 Å². The molecule has 0 amide bonds. The van der Waals surface area contributed by atoms with E-state index in [-0.39, 0.29) is 5.15 Å². The van der Waals surface area contributed by atoms with Crippen LogP contribution in [0, 0.1) is 11.3 Å². The van der Waals surface area contributed by atoms with E-state index in [1.54, 1.807) is 0 Å². The van der Waals surface area contributed by atoms with Crippen molar-refractivity contribution in [1.82, 2.24) is 4.37 Å². The van der Waals surface area contributed by atoms with Crippen molar-refractivity contribution in [2.45, 2.75) is 37.8 Å². The van der Waals surface area contributed by atoms with E-state index < -0.39 is 5.60 Å². The molecule has 3 rings (SSSR count). The van der Waals surface area contributed by atoms with E-state index in [0.29, 0.717) is 18.7 Å². The second kappa shape index (κ2) is 6.88. The summed E-state index contributed by atoms with van der Waals surface area (Å²) in [5.41, 5.74) is 0.828. The Morgan fingerprint density at radius 2 is 2.00 bits per heavy atom. The highest BCUT2D eigenvalue weighted by molar-refractivity contribution is 7.10. The van der Waals surface area contributed by atoms with Crippen LogP contribution in [-0.2, 0) is 6.54 Å². The minimum absolute atomic E-state index is 0.240. The number of aromatic nitrogens is 1. The van der Waals surface area contributed by atoms with Crippen molar-refractivity contribution in [2.24, 2.45) is 0 Å². The van der Waals surface area contributed by atoms with Crippen LogP contribution in [0.25, 0.3) is 0 Å². The predicted octanol–water partition coefficient (Wildman–Crippen LogP) is 3.98. The predicted molar refractivity (Wildman–Crippen MR) is 92.7 cm³/mol. The topological polar surface area (TPSA) is 60.2 Å². The smallest absolute Gasteiger partial charge is 0.162 e. The number of aliphatic hydroxyl groups is 1. The number of hydrogen-bond donors (Lipinski definition) is 1. The van der Waals surface area contributed by atoms with Crippen molar-refractivity contribution in [3.05, 3.63) is 46.6 Å². The zero-order valence-electron chi connectivity index (χ0n) is 12.7. The molecule has 23 heavy (non-hydrogen) atoms. The molecule has 0 bridgehead atoms. The molecular formula is C17H18ClN3OS. The number of anilines is 1. The number of benzene rings is 1. The molecule has 0 unspecified atom stereocenters. The fraction of sp³-hybridized carbons (Fsp3) is 0.412. The van der Waals surface area contributed by atoms with Crippen LogP contribution in [-0.4, -0.2) is 21.6 Å². The van der Waals surface area contributed by atoms with E-state index >= 15 is 0 Å². The number of hydrogen-bond acceptors (Lipinski definition) is 5. The summed E-state index contributed by atoms with van der Waals surface area (Å²) in [5, 5.41) is 21.1. The van der Waals surface area contributed by atoms with Crippen molar-refractivity contribution in [2.75, 3.05) is 11.4 Å². The fourth-order valence-corrected chi connectivity index (χ4v) is 4.15. The van der Waals surface area contributed by atoms with Crippen molar-refractivity contribution in [3.8, 4) is 6.07 Å². The maximum absolute atomic E-state index is 10.8. The third kappa shape index (κ3) is 3.66. The SMILES string of the molecule is N#Cc1c(Cl)nsc1N(Cc1ccccc1)CC1(O)CCCC1. The zero-order valence-corrected chi connectivity index (χ0v) is 14.3. The summed E-state index contributed by atoms with van der Waals surface area (Å²) in [4.78, 5) is 2.04. The van der Waals surface area contributed by atoms with Crippen LogP contribution in [0.4, 0.5) is 5.00 Å². The molecule has 4 nitrogen and oxygen atoms in total. The Morgan fingerprint density at radius 1 is 1.30 bits per heavy atom. The second-order valence-corrected chi connectivity index (χ2v) is 7.15. The first-order valence-electron chi connectivity index (χ1n) is 7.68. The molecule has 1 fully saturated rings. The van der Waals surface area contributed by atoms with Crippen molar-refractivity contribution >= 4 is 28.1 Å². The van der Waals surface area contributed by atoms with Gasteiger partial charge in [0.2, 0.25) is 0 Å². The van der Waals surface area contributed by atoms with E-state index in [4.69, 9.17) is 11.6 Å². The molecule has 1 heterocycles. The van der Waals surface area contributed by atoms with E-state index in [1.165, 1.54) is 11.5 Å². The zero-order chi connectivity index (χ0) is 16.3. The molecule has 0 aliphatic heterocycles. The molecule has 1 N–H and O–H groups in total. The Labute approximate surface area is 145 Å². The monoisotopic (exact) mass is 347 g/mol. The van der Waals surface area contributed by atoms with Crippen LogP contribution in [0.3, 0.4) is 0 Å². The van der Waals surface area contributed by atoms with Crippen molar-refractivity contribution < 1.29 is 5.11 Å². The highest BCUT2D eigenvalue weighted by Gasteiger charge is 2.34. The number of nitrogens with zero attached hydrogens (tertiary/aromatic N) is 3. The van der Waals surface area contributed by atoms with E-state index in [1.807, 2.05) is 35.2 Å². The van der Waals surface area contributed by atoms with Crippen LogP contribution >= 0.6 is 23.1 Å². The highest BCUT2D eigenvalue weighted by atomic mass is 35.5. The van der Waals surface area contributed by atoms with Gasteiger partial charge >= 0.3 is 0 Å². The quantitative estimate of drug-likeness (QED) is 0.888. The maximum Gasteiger partial charge on any atom is 0.162 e. The van der Waals surface area contributed by atoms with Crippen molar-refractivity contribution in [1.29, 1.82) is 5.26 Å². The largest absolute Gasteiger partial charge is 0.388 e. The van der Waals surface area contributed by atoms with Gasteiger partial charge in [0.15, 0.2) is 5.15 Å². The molecule has 1 aliphatic rings. The average Bonchev–Trinajstić information content (AvgIpc) is 3.13. The Balaban J connectivity index is 1.91. The molecular weight excluding hydrogens is 330 g/mol. The van der Waals surface area contributed by atoms with Gasteiger partial charge in [-0.25, -0.2) is 0 Å². The van der Waals surface area contributed by atoms with Gasteiger partial charge < -0.3 is 10.0 Å². The van der Waals surface area contributed by atoms with Gasteiger partial charge in [-0.15, -0.1) is 0 Å². The van der Waals surface area contributed by atoms with Crippen molar-refractivity contribution in [3.63, 3.8) is 0 Å². The molecule has 0 saturated heterocycles. The van der Waals surface area contributed by atoms with Gasteiger partial charge in [0.1, 0.15) is 16.6 Å². The number of nitriles is 1. The molecule has 0 radical (unpaired) electrons. The summed E-state index contributed by atoms with van der Waals surface area (Å²) in [5.74, 6) is 0. The van der Waals surface area contributed by atoms with Crippen LogP contribution in [0.15, 0.2) is 30.3 Å². The van der Waals surface area contributed by atoms with Gasteiger partial charge in [0.05, 0.1) is 5.60 Å².